The average Bonchev–Trinajstić information content (AvgIpc) is 3.21. The Labute approximate surface area is 179 Å². The van der Waals surface area contributed by atoms with Crippen LogP contribution in [0.25, 0.3) is 0 Å². The third-order valence-electron chi connectivity index (χ3n) is 5.00. The number of benzene rings is 3. The number of amides is 3. The van der Waals surface area contributed by atoms with Crippen molar-refractivity contribution in [2.45, 2.75) is 12.8 Å². The molecule has 3 aromatic carbocycles. The molecule has 7 nitrogen and oxygen atoms in total. The van der Waals surface area contributed by atoms with Gasteiger partial charge in [-0.3, -0.25) is 14.4 Å². The van der Waals surface area contributed by atoms with Gasteiger partial charge in [-0.05, 0) is 79.2 Å². The van der Waals surface area contributed by atoms with Gasteiger partial charge in [0.1, 0.15) is 11.5 Å². The SMILES string of the molecule is NC(=O)c1ccc(Oc2ccc(C(=O)Nc3ccc(N4CCCC4=O)cc3)cc2)cc1. The van der Waals surface area contributed by atoms with Gasteiger partial charge in [0.25, 0.3) is 5.91 Å². The van der Waals surface area contributed by atoms with Crippen molar-refractivity contribution in [2.75, 3.05) is 16.8 Å². The predicted molar refractivity (Wildman–Crippen MR) is 117 cm³/mol. The monoisotopic (exact) mass is 415 g/mol. The highest BCUT2D eigenvalue weighted by atomic mass is 16.5. The summed E-state index contributed by atoms with van der Waals surface area (Å²) in [5, 5.41) is 2.85. The molecule has 0 aliphatic carbocycles. The second kappa shape index (κ2) is 8.71. The van der Waals surface area contributed by atoms with E-state index in [0.29, 0.717) is 34.7 Å². The lowest BCUT2D eigenvalue weighted by atomic mass is 10.2. The molecule has 3 amide bonds. The van der Waals surface area contributed by atoms with E-state index in [1.807, 2.05) is 12.1 Å². The molecule has 0 saturated carbocycles. The Kier molecular flexibility index (Phi) is 5.66. The fraction of sp³-hybridized carbons (Fsp3) is 0.125. The second-order valence-corrected chi connectivity index (χ2v) is 7.16. The number of carbonyl (C=O) groups is 3. The van der Waals surface area contributed by atoms with Gasteiger partial charge in [-0.2, -0.15) is 0 Å². The maximum absolute atomic E-state index is 12.5. The topological polar surface area (TPSA) is 102 Å². The lowest BCUT2D eigenvalue weighted by Gasteiger charge is -2.16. The van der Waals surface area contributed by atoms with Crippen molar-refractivity contribution >= 4 is 29.1 Å². The zero-order valence-electron chi connectivity index (χ0n) is 16.7. The first-order valence-corrected chi connectivity index (χ1v) is 9.89. The number of ether oxygens (including phenoxy) is 1. The molecular formula is C24H21N3O4. The zero-order valence-corrected chi connectivity index (χ0v) is 16.7. The molecule has 156 valence electrons. The van der Waals surface area contributed by atoms with Crippen molar-refractivity contribution in [2.24, 2.45) is 5.73 Å². The molecule has 0 aromatic heterocycles. The Morgan fingerprint density at radius 1 is 0.839 bits per heavy atom. The third kappa shape index (κ3) is 4.72. The van der Waals surface area contributed by atoms with E-state index < -0.39 is 5.91 Å². The highest BCUT2D eigenvalue weighted by Crippen LogP contribution is 2.24. The fourth-order valence-corrected chi connectivity index (χ4v) is 3.35. The van der Waals surface area contributed by atoms with Gasteiger partial charge < -0.3 is 20.7 Å². The van der Waals surface area contributed by atoms with Gasteiger partial charge in [0.15, 0.2) is 0 Å². The Morgan fingerprint density at radius 2 is 1.42 bits per heavy atom. The quantitative estimate of drug-likeness (QED) is 0.636. The molecule has 7 heteroatoms. The normalized spacial score (nSPS) is 13.2. The summed E-state index contributed by atoms with van der Waals surface area (Å²) in [6.07, 6.45) is 1.45. The van der Waals surface area contributed by atoms with Crippen molar-refractivity contribution in [3.63, 3.8) is 0 Å². The number of anilines is 2. The molecule has 0 bridgehead atoms. The number of hydrogen-bond donors (Lipinski definition) is 2. The zero-order chi connectivity index (χ0) is 21.8. The van der Waals surface area contributed by atoms with Crippen LogP contribution in [0.2, 0.25) is 0 Å². The molecule has 0 radical (unpaired) electrons. The molecule has 0 atom stereocenters. The Bertz CT molecular complexity index is 1110. The van der Waals surface area contributed by atoms with E-state index in [0.717, 1.165) is 18.7 Å². The smallest absolute Gasteiger partial charge is 0.255 e. The lowest BCUT2D eigenvalue weighted by Crippen LogP contribution is -2.23. The van der Waals surface area contributed by atoms with Crippen LogP contribution in [0.15, 0.2) is 72.8 Å². The Morgan fingerprint density at radius 3 is 1.94 bits per heavy atom. The van der Waals surface area contributed by atoms with Gasteiger partial charge in [-0.1, -0.05) is 0 Å². The molecular weight excluding hydrogens is 394 g/mol. The molecule has 1 aliphatic heterocycles. The van der Waals surface area contributed by atoms with Crippen LogP contribution in [0, 0.1) is 0 Å². The van der Waals surface area contributed by atoms with E-state index in [1.54, 1.807) is 65.6 Å². The highest BCUT2D eigenvalue weighted by Gasteiger charge is 2.21. The summed E-state index contributed by atoms with van der Waals surface area (Å²) in [5.41, 5.74) is 7.60. The van der Waals surface area contributed by atoms with E-state index in [2.05, 4.69) is 5.32 Å². The summed E-state index contributed by atoms with van der Waals surface area (Å²) in [6, 6.07) is 20.4. The van der Waals surface area contributed by atoms with Crippen molar-refractivity contribution in [1.29, 1.82) is 0 Å². The Hall–Kier alpha value is -4.13. The molecule has 0 spiro atoms. The van der Waals surface area contributed by atoms with Crippen LogP contribution in [0.1, 0.15) is 33.6 Å². The summed E-state index contributed by atoms with van der Waals surface area (Å²) in [5.74, 6) is 0.494. The van der Waals surface area contributed by atoms with Crippen LogP contribution in [0.4, 0.5) is 11.4 Å². The molecule has 1 fully saturated rings. The van der Waals surface area contributed by atoms with Crippen molar-refractivity contribution < 1.29 is 19.1 Å². The van der Waals surface area contributed by atoms with Gasteiger partial charge in [-0.25, -0.2) is 0 Å². The van der Waals surface area contributed by atoms with Gasteiger partial charge >= 0.3 is 0 Å². The van der Waals surface area contributed by atoms with Gasteiger partial charge in [0, 0.05) is 35.5 Å². The third-order valence-corrected chi connectivity index (χ3v) is 5.00. The molecule has 3 aromatic rings. The van der Waals surface area contributed by atoms with Crippen LogP contribution in [-0.2, 0) is 4.79 Å². The molecule has 31 heavy (non-hydrogen) atoms. The van der Waals surface area contributed by atoms with Gasteiger partial charge in [0.2, 0.25) is 11.8 Å². The van der Waals surface area contributed by atoms with E-state index in [4.69, 9.17) is 10.5 Å². The molecule has 1 heterocycles. The first kappa shape index (κ1) is 20.2. The summed E-state index contributed by atoms with van der Waals surface area (Å²) in [6.45, 7) is 0.730. The number of nitrogens with two attached hydrogens (primary N) is 1. The number of carbonyl (C=O) groups excluding carboxylic acids is 3. The van der Waals surface area contributed by atoms with E-state index in [1.165, 1.54) is 0 Å². The number of nitrogens with one attached hydrogen (secondary N) is 1. The summed E-state index contributed by atoms with van der Waals surface area (Å²) in [4.78, 5) is 37.2. The summed E-state index contributed by atoms with van der Waals surface area (Å²) < 4.78 is 5.72. The van der Waals surface area contributed by atoms with Crippen LogP contribution in [0.5, 0.6) is 11.5 Å². The molecule has 0 unspecified atom stereocenters. The molecule has 1 saturated heterocycles. The van der Waals surface area contributed by atoms with E-state index >= 15 is 0 Å². The van der Waals surface area contributed by atoms with E-state index in [-0.39, 0.29) is 11.8 Å². The highest BCUT2D eigenvalue weighted by molar-refractivity contribution is 6.04. The van der Waals surface area contributed by atoms with Gasteiger partial charge in [0.05, 0.1) is 0 Å². The minimum atomic E-state index is -0.499. The standard InChI is InChI=1S/C24H21N3O4/c25-23(29)16-3-11-20(12-4-16)31-21-13-5-17(6-14-21)24(30)26-18-7-9-19(10-8-18)27-15-1-2-22(27)28/h3-14H,1-2,15H2,(H2,25,29)(H,26,30). The summed E-state index contributed by atoms with van der Waals surface area (Å²) >= 11 is 0. The maximum atomic E-state index is 12.5. The Balaban J connectivity index is 1.36. The van der Waals surface area contributed by atoms with Crippen molar-refractivity contribution in [1.82, 2.24) is 0 Å². The first-order chi connectivity index (χ1) is 15.0. The van der Waals surface area contributed by atoms with Crippen molar-refractivity contribution in [3.8, 4) is 11.5 Å². The number of primary amides is 1. The number of nitrogens with zero attached hydrogens (tertiary/aromatic N) is 1. The molecule has 3 N–H and O–H groups in total. The predicted octanol–water partition coefficient (Wildman–Crippen LogP) is 3.96. The van der Waals surface area contributed by atoms with Crippen LogP contribution >= 0.6 is 0 Å². The van der Waals surface area contributed by atoms with Gasteiger partial charge in [-0.15, -0.1) is 0 Å². The second-order valence-electron chi connectivity index (χ2n) is 7.16. The number of rotatable bonds is 6. The fourth-order valence-electron chi connectivity index (χ4n) is 3.35. The average molecular weight is 415 g/mol. The minimum Gasteiger partial charge on any atom is -0.457 e. The van der Waals surface area contributed by atoms with Crippen LogP contribution in [0.3, 0.4) is 0 Å². The summed E-state index contributed by atoms with van der Waals surface area (Å²) in [7, 11) is 0. The lowest BCUT2D eigenvalue weighted by molar-refractivity contribution is -0.117. The van der Waals surface area contributed by atoms with Crippen LogP contribution < -0.4 is 20.7 Å². The molecule has 4 rings (SSSR count). The maximum Gasteiger partial charge on any atom is 0.255 e. The van der Waals surface area contributed by atoms with E-state index in [9.17, 15) is 14.4 Å². The van der Waals surface area contributed by atoms with Crippen LogP contribution in [-0.4, -0.2) is 24.3 Å². The largest absolute Gasteiger partial charge is 0.457 e. The first-order valence-electron chi connectivity index (χ1n) is 9.89. The molecule has 1 aliphatic rings. The number of hydrogen-bond acceptors (Lipinski definition) is 4. The minimum absolute atomic E-state index is 0.128. The van der Waals surface area contributed by atoms with Crippen molar-refractivity contribution in [3.05, 3.63) is 83.9 Å².